The molecule has 0 saturated carbocycles. The lowest BCUT2D eigenvalue weighted by Gasteiger charge is -2.06. The van der Waals surface area contributed by atoms with Gasteiger partial charge in [0.25, 0.3) is 5.56 Å². The summed E-state index contributed by atoms with van der Waals surface area (Å²) in [5, 5.41) is 2.97. The molecule has 0 spiro atoms. The first kappa shape index (κ1) is 12.2. The number of fused-ring (bicyclic) bond motifs is 2. The molecule has 0 unspecified atom stereocenters. The SMILES string of the molecule is O=c1c2sccc2ncn1Cc1ccc2ncccc2c1. The van der Waals surface area contributed by atoms with Crippen molar-refractivity contribution in [2.45, 2.75) is 6.54 Å². The molecule has 0 amide bonds. The first-order valence-corrected chi connectivity index (χ1v) is 7.45. The molecule has 102 valence electrons. The Morgan fingerprint density at radius 1 is 1.10 bits per heavy atom. The zero-order valence-corrected chi connectivity index (χ0v) is 11.9. The van der Waals surface area contributed by atoms with Crippen LogP contribution in [0.1, 0.15) is 5.56 Å². The van der Waals surface area contributed by atoms with E-state index in [0.717, 1.165) is 22.0 Å². The molecule has 0 saturated heterocycles. The highest BCUT2D eigenvalue weighted by Gasteiger charge is 2.06. The summed E-state index contributed by atoms with van der Waals surface area (Å²) in [6.45, 7) is 0.518. The topological polar surface area (TPSA) is 47.8 Å². The fraction of sp³-hybridized carbons (Fsp3) is 0.0625. The van der Waals surface area contributed by atoms with Crippen LogP contribution in [0.5, 0.6) is 0 Å². The first-order chi connectivity index (χ1) is 10.3. The predicted molar refractivity (Wildman–Crippen MR) is 84.7 cm³/mol. The molecule has 0 aliphatic heterocycles. The van der Waals surface area contributed by atoms with E-state index in [1.165, 1.54) is 11.3 Å². The Balaban J connectivity index is 1.78. The van der Waals surface area contributed by atoms with Gasteiger partial charge in [0.15, 0.2) is 0 Å². The van der Waals surface area contributed by atoms with E-state index in [2.05, 4.69) is 16.0 Å². The summed E-state index contributed by atoms with van der Waals surface area (Å²) >= 11 is 1.44. The minimum absolute atomic E-state index is 0.0151. The molecule has 0 atom stereocenters. The van der Waals surface area contributed by atoms with Gasteiger partial charge in [-0.1, -0.05) is 12.1 Å². The number of hydrogen-bond acceptors (Lipinski definition) is 4. The number of thiophene rings is 1. The molecule has 0 aliphatic rings. The van der Waals surface area contributed by atoms with E-state index >= 15 is 0 Å². The molecule has 5 heteroatoms. The maximum Gasteiger partial charge on any atom is 0.271 e. The van der Waals surface area contributed by atoms with Gasteiger partial charge in [-0.05, 0) is 35.2 Å². The van der Waals surface area contributed by atoms with Gasteiger partial charge in [0.1, 0.15) is 4.70 Å². The van der Waals surface area contributed by atoms with E-state index in [-0.39, 0.29) is 5.56 Å². The highest BCUT2D eigenvalue weighted by atomic mass is 32.1. The van der Waals surface area contributed by atoms with Gasteiger partial charge in [-0.2, -0.15) is 0 Å². The molecule has 3 aromatic heterocycles. The minimum atomic E-state index is 0.0151. The molecule has 0 fully saturated rings. The molecule has 3 heterocycles. The van der Waals surface area contributed by atoms with Crippen LogP contribution in [0, 0.1) is 0 Å². The minimum Gasteiger partial charge on any atom is -0.294 e. The van der Waals surface area contributed by atoms with Crippen LogP contribution in [0.2, 0.25) is 0 Å². The third-order valence-electron chi connectivity index (χ3n) is 3.46. The maximum absolute atomic E-state index is 12.4. The number of pyridine rings is 1. The lowest BCUT2D eigenvalue weighted by atomic mass is 10.1. The average Bonchev–Trinajstić information content (AvgIpc) is 2.99. The van der Waals surface area contributed by atoms with Gasteiger partial charge in [0.2, 0.25) is 0 Å². The van der Waals surface area contributed by atoms with Crippen LogP contribution >= 0.6 is 11.3 Å². The summed E-state index contributed by atoms with van der Waals surface area (Å²) < 4.78 is 2.36. The second kappa shape index (κ2) is 4.79. The smallest absolute Gasteiger partial charge is 0.271 e. The van der Waals surface area contributed by atoms with E-state index in [4.69, 9.17) is 0 Å². The van der Waals surface area contributed by atoms with Crippen molar-refractivity contribution < 1.29 is 0 Å². The van der Waals surface area contributed by atoms with Gasteiger partial charge in [0, 0.05) is 11.6 Å². The van der Waals surface area contributed by atoms with E-state index in [1.54, 1.807) is 17.1 Å². The highest BCUT2D eigenvalue weighted by Crippen LogP contribution is 2.16. The number of rotatable bonds is 2. The summed E-state index contributed by atoms with van der Waals surface area (Å²) in [5.74, 6) is 0. The normalized spacial score (nSPS) is 11.2. The van der Waals surface area contributed by atoms with E-state index in [1.807, 2.05) is 35.7 Å². The molecule has 0 N–H and O–H groups in total. The molecule has 0 radical (unpaired) electrons. The van der Waals surface area contributed by atoms with Crippen LogP contribution in [0.4, 0.5) is 0 Å². The van der Waals surface area contributed by atoms with Gasteiger partial charge in [-0.15, -0.1) is 11.3 Å². The van der Waals surface area contributed by atoms with Crippen LogP contribution in [0.25, 0.3) is 21.1 Å². The highest BCUT2D eigenvalue weighted by molar-refractivity contribution is 7.17. The van der Waals surface area contributed by atoms with Crippen molar-refractivity contribution in [3.63, 3.8) is 0 Å². The van der Waals surface area contributed by atoms with Crippen molar-refractivity contribution in [1.82, 2.24) is 14.5 Å². The van der Waals surface area contributed by atoms with Crippen LogP contribution < -0.4 is 5.56 Å². The lowest BCUT2D eigenvalue weighted by Crippen LogP contribution is -2.20. The standard InChI is InChI=1S/C16H11N3OS/c20-16-15-14(5-7-21-15)18-10-19(16)9-11-3-4-13-12(8-11)2-1-6-17-13/h1-8,10H,9H2. The largest absolute Gasteiger partial charge is 0.294 e. The van der Waals surface area contributed by atoms with Gasteiger partial charge < -0.3 is 0 Å². The predicted octanol–water partition coefficient (Wildman–Crippen LogP) is 3.05. The third-order valence-corrected chi connectivity index (χ3v) is 4.35. The van der Waals surface area contributed by atoms with Crippen molar-refractivity contribution in [3.05, 3.63) is 70.2 Å². The van der Waals surface area contributed by atoms with Crippen molar-refractivity contribution in [3.8, 4) is 0 Å². The molecule has 0 bridgehead atoms. The molecule has 4 nitrogen and oxygen atoms in total. The second-order valence-electron chi connectivity index (χ2n) is 4.84. The summed E-state index contributed by atoms with van der Waals surface area (Å²) in [6, 6.07) is 11.8. The lowest BCUT2D eigenvalue weighted by molar-refractivity contribution is 0.750. The summed E-state index contributed by atoms with van der Waals surface area (Å²) in [7, 11) is 0. The Bertz CT molecular complexity index is 1000. The van der Waals surface area contributed by atoms with Crippen LogP contribution in [0.3, 0.4) is 0 Å². The Labute approximate surface area is 124 Å². The van der Waals surface area contributed by atoms with E-state index in [9.17, 15) is 4.79 Å². The number of nitrogens with zero attached hydrogens (tertiary/aromatic N) is 3. The van der Waals surface area contributed by atoms with E-state index in [0.29, 0.717) is 11.2 Å². The number of aromatic nitrogens is 3. The maximum atomic E-state index is 12.4. The zero-order valence-electron chi connectivity index (χ0n) is 11.1. The van der Waals surface area contributed by atoms with Crippen LogP contribution in [0.15, 0.2) is 59.1 Å². The van der Waals surface area contributed by atoms with Crippen LogP contribution in [-0.4, -0.2) is 14.5 Å². The Morgan fingerprint density at radius 3 is 3.00 bits per heavy atom. The fourth-order valence-electron chi connectivity index (χ4n) is 2.41. The molecule has 21 heavy (non-hydrogen) atoms. The van der Waals surface area contributed by atoms with Crippen molar-refractivity contribution >= 4 is 32.5 Å². The number of hydrogen-bond donors (Lipinski definition) is 0. The molecule has 1 aromatic carbocycles. The van der Waals surface area contributed by atoms with Gasteiger partial charge in [-0.3, -0.25) is 14.3 Å². The Morgan fingerprint density at radius 2 is 2.05 bits per heavy atom. The second-order valence-corrected chi connectivity index (χ2v) is 5.76. The van der Waals surface area contributed by atoms with Gasteiger partial charge in [0.05, 0.1) is 23.9 Å². The van der Waals surface area contributed by atoms with Gasteiger partial charge >= 0.3 is 0 Å². The van der Waals surface area contributed by atoms with Gasteiger partial charge in [-0.25, -0.2) is 4.98 Å². The van der Waals surface area contributed by atoms with Crippen molar-refractivity contribution in [1.29, 1.82) is 0 Å². The summed E-state index contributed by atoms with van der Waals surface area (Å²) in [4.78, 5) is 21.0. The average molecular weight is 293 g/mol. The number of benzene rings is 1. The summed E-state index contributed by atoms with van der Waals surface area (Å²) in [6.07, 6.45) is 3.39. The molecule has 4 rings (SSSR count). The van der Waals surface area contributed by atoms with Crippen molar-refractivity contribution in [2.24, 2.45) is 0 Å². The third kappa shape index (κ3) is 2.11. The fourth-order valence-corrected chi connectivity index (χ4v) is 3.20. The van der Waals surface area contributed by atoms with E-state index < -0.39 is 0 Å². The molecular formula is C16H11N3OS. The molecule has 4 aromatic rings. The first-order valence-electron chi connectivity index (χ1n) is 6.57. The monoisotopic (exact) mass is 293 g/mol. The Hall–Kier alpha value is -2.53. The van der Waals surface area contributed by atoms with Crippen LogP contribution in [-0.2, 0) is 6.54 Å². The van der Waals surface area contributed by atoms with Crippen molar-refractivity contribution in [2.75, 3.05) is 0 Å². The molecule has 0 aliphatic carbocycles. The molecular weight excluding hydrogens is 282 g/mol. The Kier molecular flexibility index (Phi) is 2.79. The quantitative estimate of drug-likeness (QED) is 0.570. The zero-order chi connectivity index (χ0) is 14.2. The summed E-state index contributed by atoms with van der Waals surface area (Å²) in [5.41, 5.74) is 2.81.